The van der Waals surface area contributed by atoms with E-state index in [9.17, 15) is 22.4 Å². The number of rotatable bonds is 2. The largest absolute Gasteiger partial charge is 0.395 e. The van der Waals surface area contributed by atoms with Gasteiger partial charge in [0, 0.05) is 24.9 Å². The van der Waals surface area contributed by atoms with E-state index in [0.717, 1.165) is 6.92 Å². The van der Waals surface area contributed by atoms with Crippen molar-refractivity contribution in [1.29, 1.82) is 0 Å². The van der Waals surface area contributed by atoms with Crippen LogP contribution in [0.5, 0.6) is 0 Å². The van der Waals surface area contributed by atoms with Gasteiger partial charge in [-0.25, -0.2) is 14.4 Å². The van der Waals surface area contributed by atoms with E-state index in [1.54, 1.807) is 0 Å². The molecule has 1 heterocycles. The molecule has 0 saturated heterocycles. The summed E-state index contributed by atoms with van der Waals surface area (Å²) in [6.45, 7) is 3.60. The zero-order valence-electron chi connectivity index (χ0n) is 12.4. The highest BCUT2D eigenvalue weighted by atomic mass is 19.4. The molecule has 0 fully saturated rings. The van der Waals surface area contributed by atoms with Gasteiger partial charge in [-0.15, -0.1) is 0 Å². The molecule has 0 N–H and O–H groups in total. The average molecular weight is 316 g/mol. The smallest absolute Gasteiger partial charge is 0.291 e. The van der Waals surface area contributed by atoms with E-state index in [-0.39, 0.29) is 29.2 Å². The predicted octanol–water partition coefficient (Wildman–Crippen LogP) is 4.01. The van der Waals surface area contributed by atoms with Crippen LogP contribution in [0, 0.1) is 11.8 Å². The third kappa shape index (κ3) is 2.89. The van der Waals surface area contributed by atoms with Gasteiger partial charge in [0.25, 0.3) is 0 Å². The van der Waals surface area contributed by atoms with Gasteiger partial charge in [-0.3, -0.25) is 4.79 Å². The number of hydrogen-bond donors (Lipinski definition) is 0. The summed E-state index contributed by atoms with van der Waals surface area (Å²) < 4.78 is 54.6. The molecule has 0 bridgehead atoms. The van der Waals surface area contributed by atoms with E-state index in [4.69, 9.17) is 0 Å². The molecule has 3 atom stereocenters. The van der Waals surface area contributed by atoms with Crippen molar-refractivity contribution in [2.24, 2.45) is 11.8 Å². The van der Waals surface area contributed by atoms with Gasteiger partial charge >= 0.3 is 6.18 Å². The Kier molecular flexibility index (Phi) is 4.10. The van der Waals surface area contributed by atoms with Crippen LogP contribution in [0.25, 0.3) is 5.57 Å². The molecule has 22 heavy (non-hydrogen) atoms. The number of halogens is 4. The van der Waals surface area contributed by atoms with Crippen LogP contribution >= 0.6 is 0 Å². The van der Waals surface area contributed by atoms with Gasteiger partial charge in [-0.1, -0.05) is 13.0 Å². The third-order valence-electron chi connectivity index (χ3n) is 4.00. The second-order valence-corrected chi connectivity index (χ2v) is 5.78. The SMILES string of the molecule is CC(=O)c1ncc(C2=CCC(C)C(C(F)(F)F)C2(C)F)cn1. The van der Waals surface area contributed by atoms with Crippen molar-refractivity contribution in [1.82, 2.24) is 9.97 Å². The number of ketones is 1. The zero-order chi connectivity index (χ0) is 16.7. The number of aromatic nitrogens is 2. The van der Waals surface area contributed by atoms with Crippen LogP contribution in [0.1, 0.15) is 43.4 Å². The lowest BCUT2D eigenvalue weighted by atomic mass is 9.69. The molecule has 7 heteroatoms. The number of hydrogen-bond acceptors (Lipinski definition) is 3. The Balaban J connectivity index is 2.44. The Labute approximate surface area is 125 Å². The fourth-order valence-corrected chi connectivity index (χ4v) is 3.02. The summed E-state index contributed by atoms with van der Waals surface area (Å²) in [7, 11) is 0. The molecule has 3 unspecified atom stereocenters. The summed E-state index contributed by atoms with van der Waals surface area (Å²) in [6, 6.07) is 0. The van der Waals surface area contributed by atoms with Gasteiger partial charge < -0.3 is 0 Å². The van der Waals surface area contributed by atoms with Crippen molar-refractivity contribution < 1.29 is 22.4 Å². The molecule has 2 rings (SSSR count). The molecule has 1 aromatic heterocycles. The number of nitrogens with zero attached hydrogens (tertiary/aromatic N) is 2. The van der Waals surface area contributed by atoms with Crippen LogP contribution in [-0.2, 0) is 0 Å². The Hall–Kier alpha value is -1.79. The van der Waals surface area contributed by atoms with Gasteiger partial charge in [0.1, 0.15) is 5.67 Å². The average Bonchev–Trinajstić information content (AvgIpc) is 2.36. The van der Waals surface area contributed by atoms with E-state index in [1.807, 2.05) is 0 Å². The van der Waals surface area contributed by atoms with Crippen molar-refractivity contribution in [2.75, 3.05) is 0 Å². The molecule has 1 aliphatic rings. The first kappa shape index (κ1) is 16.6. The number of allylic oxidation sites excluding steroid dienone is 2. The summed E-state index contributed by atoms with van der Waals surface area (Å²) in [5.41, 5.74) is -2.49. The number of Topliss-reactive ketones (excluding diaryl/α,β-unsaturated/α-hetero) is 1. The van der Waals surface area contributed by atoms with E-state index >= 15 is 0 Å². The van der Waals surface area contributed by atoms with E-state index in [2.05, 4.69) is 9.97 Å². The molecule has 0 aromatic carbocycles. The molecule has 1 aromatic rings. The quantitative estimate of drug-likeness (QED) is 0.611. The Morgan fingerprint density at radius 1 is 1.32 bits per heavy atom. The maximum Gasteiger partial charge on any atom is 0.395 e. The van der Waals surface area contributed by atoms with Crippen LogP contribution in [0.4, 0.5) is 17.6 Å². The van der Waals surface area contributed by atoms with Gasteiger partial charge in [-0.05, 0) is 24.8 Å². The van der Waals surface area contributed by atoms with Crippen LogP contribution < -0.4 is 0 Å². The second kappa shape index (κ2) is 5.44. The number of carbonyl (C=O) groups excluding carboxylic acids is 1. The van der Waals surface area contributed by atoms with Crippen LogP contribution in [0.2, 0.25) is 0 Å². The monoisotopic (exact) mass is 316 g/mol. The van der Waals surface area contributed by atoms with Crippen molar-refractivity contribution in [3.63, 3.8) is 0 Å². The third-order valence-corrected chi connectivity index (χ3v) is 4.00. The lowest BCUT2D eigenvalue weighted by Gasteiger charge is -2.40. The maximum absolute atomic E-state index is 15.0. The minimum absolute atomic E-state index is 0.0542. The molecule has 0 radical (unpaired) electrons. The molecule has 0 spiro atoms. The van der Waals surface area contributed by atoms with Crippen LogP contribution in [0.3, 0.4) is 0 Å². The minimum Gasteiger partial charge on any atom is -0.291 e. The molecule has 120 valence electrons. The highest BCUT2D eigenvalue weighted by Crippen LogP contribution is 2.51. The van der Waals surface area contributed by atoms with E-state index in [1.165, 1.54) is 32.3 Å². The minimum atomic E-state index is -4.64. The van der Waals surface area contributed by atoms with Crippen molar-refractivity contribution in [3.05, 3.63) is 29.9 Å². The predicted molar refractivity (Wildman–Crippen MR) is 72.9 cm³/mol. The molecule has 0 amide bonds. The Bertz CT molecular complexity index is 605. The lowest BCUT2D eigenvalue weighted by molar-refractivity contribution is -0.214. The standard InChI is InChI=1S/C15H16F4N2O/c1-8-4-5-11(14(3,16)12(8)15(17,18)19)10-6-20-13(9(2)22)21-7-10/h5-8,12H,4H2,1-3H3. The summed E-state index contributed by atoms with van der Waals surface area (Å²) in [5.74, 6) is -3.36. The normalized spacial score (nSPS) is 29.1. The molecule has 0 aliphatic heterocycles. The summed E-state index contributed by atoms with van der Waals surface area (Å²) >= 11 is 0. The first-order chi connectivity index (χ1) is 10.0. The van der Waals surface area contributed by atoms with Crippen molar-refractivity contribution in [2.45, 2.75) is 39.0 Å². The Morgan fingerprint density at radius 3 is 2.32 bits per heavy atom. The molecule has 3 nitrogen and oxygen atoms in total. The fraction of sp³-hybridized carbons (Fsp3) is 0.533. The highest BCUT2D eigenvalue weighted by molar-refractivity contribution is 5.90. The summed E-state index contributed by atoms with van der Waals surface area (Å²) in [4.78, 5) is 18.7. The van der Waals surface area contributed by atoms with Gasteiger partial charge in [0.15, 0.2) is 11.6 Å². The topological polar surface area (TPSA) is 42.9 Å². The Morgan fingerprint density at radius 2 is 1.86 bits per heavy atom. The first-order valence-corrected chi connectivity index (χ1v) is 6.84. The van der Waals surface area contributed by atoms with Crippen molar-refractivity contribution in [3.8, 4) is 0 Å². The van der Waals surface area contributed by atoms with Crippen LogP contribution in [0.15, 0.2) is 18.5 Å². The van der Waals surface area contributed by atoms with Crippen molar-refractivity contribution >= 4 is 11.4 Å². The summed E-state index contributed by atoms with van der Waals surface area (Å²) in [6.07, 6.45) is -0.678. The lowest BCUT2D eigenvalue weighted by Crippen LogP contribution is -2.47. The zero-order valence-corrected chi connectivity index (χ0v) is 12.4. The maximum atomic E-state index is 15.0. The van der Waals surface area contributed by atoms with Crippen LogP contribution in [-0.4, -0.2) is 27.6 Å². The highest BCUT2D eigenvalue weighted by Gasteiger charge is 2.57. The number of alkyl halides is 4. The summed E-state index contributed by atoms with van der Waals surface area (Å²) in [5, 5.41) is 0. The number of carbonyl (C=O) groups is 1. The fourth-order valence-electron chi connectivity index (χ4n) is 3.02. The van der Waals surface area contributed by atoms with E-state index in [0.29, 0.717) is 0 Å². The van der Waals surface area contributed by atoms with Gasteiger partial charge in [-0.2, -0.15) is 13.2 Å². The molecule has 0 saturated carbocycles. The second-order valence-electron chi connectivity index (χ2n) is 5.78. The van der Waals surface area contributed by atoms with Gasteiger partial charge in [0.05, 0.1) is 5.92 Å². The van der Waals surface area contributed by atoms with Gasteiger partial charge in [0.2, 0.25) is 0 Å². The van der Waals surface area contributed by atoms with E-state index < -0.39 is 23.7 Å². The first-order valence-electron chi connectivity index (χ1n) is 6.84. The molecular weight excluding hydrogens is 300 g/mol. The molecule has 1 aliphatic carbocycles. The molecular formula is C15H16F4N2O.